The first-order chi connectivity index (χ1) is 4.64. The van der Waals surface area contributed by atoms with Gasteiger partial charge in [0, 0.05) is 19.0 Å². The normalized spacial score (nSPS) is 43.4. The lowest BCUT2D eigenvalue weighted by Crippen LogP contribution is -2.36. The minimum absolute atomic E-state index is 0.252. The fourth-order valence-corrected chi connectivity index (χ4v) is 2.24. The van der Waals surface area contributed by atoms with Gasteiger partial charge in [-0.3, -0.25) is 4.79 Å². The monoisotopic (exact) mass is 139 g/mol. The Kier molecular flexibility index (Phi) is 0.960. The number of hydrogen-bond donors (Lipinski definition) is 0. The van der Waals surface area contributed by atoms with E-state index >= 15 is 0 Å². The van der Waals surface area contributed by atoms with Gasteiger partial charge in [0.25, 0.3) is 0 Å². The third kappa shape index (κ3) is 0.568. The van der Waals surface area contributed by atoms with Crippen LogP contribution in [0.25, 0.3) is 0 Å². The third-order valence-electron chi connectivity index (χ3n) is 3.08. The van der Waals surface area contributed by atoms with E-state index in [1.807, 2.05) is 4.90 Å². The highest BCUT2D eigenvalue weighted by Gasteiger charge is 2.59. The van der Waals surface area contributed by atoms with Gasteiger partial charge < -0.3 is 4.90 Å². The predicted octanol–water partition coefficient (Wildman–Crippen LogP) is 1.02. The molecule has 1 saturated heterocycles. The zero-order chi connectivity index (χ0) is 7.35. The van der Waals surface area contributed by atoms with Crippen molar-refractivity contribution in [2.45, 2.75) is 32.2 Å². The number of carbonyl (C=O) groups is 1. The lowest BCUT2D eigenvalue weighted by Gasteiger charge is -2.23. The summed E-state index contributed by atoms with van der Waals surface area (Å²) >= 11 is 0. The maximum absolute atomic E-state index is 11.0. The molecule has 2 fully saturated rings. The summed E-state index contributed by atoms with van der Waals surface area (Å²) in [6.45, 7) is 4.87. The maximum atomic E-state index is 11.0. The molecule has 1 saturated carbocycles. The molecule has 10 heavy (non-hydrogen) atoms. The summed E-state index contributed by atoms with van der Waals surface area (Å²) in [6, 6.07) is 0. The van der Waals surface area contributed by atoms with Crippen molar-refractivity contribution >= 4 is 5.91 Å². The standard InChI is InChI=1S/C8H13NO/c1-6(10)9-4-3-7-5-8(7,9)2/h7H,3-5H2,1-2H3/t7-,8+/m1/s1. The molecular weight excluding hydrogens is 126 g/mol. The third-order valence-corrected chi connectivity index (χ3v) is 3.08. The summed E-state index contributed by atoms with van der Waals surface area (Å²) in [4.78, 5) is 13.0. The Balaban J connectivity index is 2.17. The quantitative estimate of drug-likeness (QED) is 0.490. The largest absolute Gasteiger partial charge is 0.337 e. The number of fused-ring (bicyclic) bond motifs is 1. The Morgan fingerprint density at radius 1 is 1.70 bits per heavy atom. The molecule has 1 heterocycles. The van der Waals surface area contributed by atoms with Crippen LogP contribution in [0.3, 0.4) is 0 Å². The average molecular weight is 139 g/mol. The van der Waals surface area contributed by atoms with Gasteiger partial charge in [-0.05, 0) is 25.7 Å². The van der Waals surface area contributed by atoms with Crippen LogP contribution in [-0.2, 0) is 4.79 Å². The maximum Gasteiger partial charge on any atom is 0.219 e. The first-order valence-corrected chi connectivity index (χ1v) is 3.93. The number of piperidine rings is 1. The van der Waals surface area contributed by atoms with Crippen molar-refractivity contribution in [2.24, 2.45) is 5.92 Å². The smallest absolute Gasteiger partial charge is 0.219 e. The highest BCUT2D eigenvalue weighted by Crippen LogP contribution is 2.55. The summed E-state index contributed by atoms with van der Waals surface area (Å²) in [5.74, 6) is 1.08. The van der Waals surface area contributed by atoms with E-state index in [-0.39, 0.29) is 11.4 Å². The summed E-state index contributed by atoms with van der Waals surface area (Å²) < 4.78 is 0. The number of carbonyl (C=O) groups excluding carboxylic acids is 1. The first kappa shape index (κ1) is 6.20. The molecule has 0 aromatic heterocycles. The van der Waals surface area contributed by atoms with E-state index < -0.39 is 0 Å². The Bertz CT molecular complexity index is 188. The molecule has 1 amide bonds. The molecule has 1 aliphatic carbocycles. The first-order valence-electron chi connectivity index (χ1n) is 3.93. The van der Waals surface area contributed by atoms with Crippen LogP contribution in [-0.4, -0.2) is 22.9 Å². The minimum atomic E-state index is 0.252. The molecule has 0 spiro atoms. The summed E-state index contributed by atoms with van der Waals surface area (Å²) in [5.41, 5.74) is 0.284. The van der Waals surface area contributed by atoms with Gasteiger partial charge in [-0.2, -0.15) is 0 Å². The van der Waals surface area contributed by atoms with Crippen molar-refractivity contribution < 1.29 is 4.79 Å². The van der Waals surface area contributed by atoms with Gasteiger partial charge in [0.05, 0.1) is 0 Å². The van der Waals surface area contributed by atoms with Gasteiger partial charge in [0.1, 0.15) is 0 Å². The second kappa shape index (κ2) is 1.55. The van der Waals surface area contributed by atoms with Gasteiger partial charge in [-0.1, -0.05) is 0 Å². The molecule has 2 rings (SSSR count). The van der Waals surface area contributed by atoms with Crippen molar-refractivity contribution in [3.05, 3.63) is 0 Å². The lowest BCUT2D eigenvalue weighted by molar-refractivity contribution is -0.130. The number of hydrogen-bond acceptors (Lipinski definition) is 1. The Hall–Kier alpha value is -0.530. The van der Waals surface area contributed by atoms with Gasteiger partial charge in [0.15, 0.2) is 0 Å². The lowest BCUT2D eigenvalue weighted by atomic mass is 10.2. The highest BCUT2D eigenvalue weighted by atomic mass is 16.2. The topological polar surface area (TPSA) is 20.3 Å². The fourth-order valence-electron chi connectivity index (χ4n) is 2.24. The predicted molar refractivity (Wildman–Crippen MR) is 38.5 cm³/mol. The molecule has 0 aromatic rings. The number of rotatable bonds is 0. The summed E-state index contributed by atoms with van der Waals surface area (Å²) in [6.07, 6.45) is 2.47. The Morgan fingerprint density at radius 3 is 2.60 bits per heavy atom. The summed E-state index contributed by atoms with van der Waals surface area (Å²) in [5, 5.41) is 0. The van der Waals surface area contributed by atoms with Gasteiger partial charge in [0.2, 0.25) is 5.91 Å². The van der Waals surface area contributed by atoms with E-state index in [4.69, 9.17) is 0 Å². The molecule has 0 bridgehead atoms. The minimum Gasteiger partial charge on any atom is -0.337 e. The second-order valence-corrected chi connectivity index (χ2v) is 3.72. The van der Waals surface area contributed by atoms with Gasteiger partial charge >= 0.3 is 0 Å². The van der Waals surface area contributed by atoms with Crippen LogP contribution in [0.4, 0.5) is 0 Å². The average Bonchev–Trinajstić information content (AvgIpc) is 2.35. The summed E-state index contributed by atoms with van der Waals surface area (Å²) in [7, 11) is 0. The molecule has 0 aromatic carbocycles. The van der Waals surface area contributed by atoms with Crippen molar-refractivity contribution in [3.63, 3.8) is 0 Å². The Morgan fingerprint density at radius 2 is 2.40 bits per heavy atom. The molecule has 2 heteroatoms. The van der Waals surface area contributed by atoms with Crippen LogP contribution in [0.1, 0.15) is 26.7 Å². The van der Waals surface area contributed by atoms with Crippen molar-refractivity contribution in [3.8, 4) is 0 Å². The Labute approximate surface area is 61.2 Å². The van der Waals surface area contributed by atoms with Crippen LogP contribution < -0.4 is 0 Å². The van der Waals surface area contributed by atoms with Crippen LogP contribution >= 0.6 is 0 Å². The fraction of sp³-hybridized carbons (Fsp3) is 0.875. The molecule has 2 aliphatic rings. The van der Waals surface area contributed by atoms with Crippen LogP contribution in [0.2, 0.25) is 0 Å². The van der Waals surface area contributed by atoms with Crippen molar-refractivity contribution in [1.82, 2.24) is 4.90 Å². The molecule has 56 valence electrons. The van der Waals surface area contributed by atoms with E-state index in [1.54, 1.807) is 6.92 Å². The molecule has 0 radical (unpaired) electrons. The van der Waals surface area contributed by atoms with Crippen LogP contribution in [0.15, 0.2) is 0 Å². The SMILES string of the molecule is CC(=O)N1CC[C@@H]2C[C@@]21C. The zero-order valence-electron chi connectivity index (χ0n) is 6.55. The number of nitrogens with zero attached hydrogens (tertiary/aromatic N) is 1. The van der Waals surface area contributed by atoms with Gasteiger partial charge in [-0.25, -0.2) is 0 Å². The highest BCUT2D eigenvalue weighted by molar-refractivity contribution is 5.75. The molecular formula is C8H13NO. The number of likely N-dealkylation sites (tertiary alicyclic amines) is 1. The molecule has 1 aliphatic heterocycles. The number of amides is 1. The van der Waals surface area contributed by atoms with Crippen molar-refractivity contribution in [1.29, 1.82) is 0 Å². The van der Waals surface area contributed by atoms with E-state index in [2.05, 4.69) is 6.92 Å². The zero-order valence-corrected chi connectivity index (χ0v) is 6.55. The molecule has 2 nitrogen and oxygen atoms in total. The van der Waals surface area contributed by atoms with E-state index in [1.165, 1.54) is 12.8 Å². The van der Waals surface area contributed by atoms with Crippen molar-refractivity contribution in [2.75, 3.05) is 6.54 Å². The second-order valence-electron chi connectivity index (χ2n) is 3.72. The van der Waals surface area contributed by atoms with Gasteiger partial charge in [-0.15, -0.1) is 0 Å². The van der Waals surface area contributed by atoms with E-state index in [9.17, 15) is 4.79 Å². The molecule has 0 N–H and O–H groups in total. The van der Waals surface area contributed by atoms with Crippen LogP contribution in [0, 0.1) is 5.92 Å². The van der Waals surface area contributed by atoms with E-state index in [0.29, 0.717) is 0 Å². The van der Waals surface area contributed by atoms with E-state index in [0.717, 1.165) is 12.5 Å². The molecule has 2 atom stereocenters. The molecule has 0 unspecified atom stereocenters. The van der Waals surface area contributed by atoms with Crippen LogP contribution in [0.5, 0.6) is 0 Å².